The van der Waals surface area contributed by atoms with Gasteiger partial charge in [-0.1, -0.05) is 46.1 Å². The van der Waals surface area contributed by atoms with E-state index < -0.39 is 5.97 Å². The third-order valence-corrected chi connectivity index (χ3v) is 4.72. The zero-order valence-corrected chi connectivity index (χ0v) is 14.9. The average molecular weight is 379 g/mol. The molecule has 0 amide bonds. The van der Waals surface area contributed by atoms with Crippen molar-refractivity contribution in [3.05, 3.63) is 52.1 Å². The third-order valence-electron chi connectivity index (χ3n) is 3.07. The lowest BCUT2D eigenvalue weighted by Crippen LogP contribution is -2.05. The number of hydrogen-bond acceptors (Lipinski definition) is 8. The van der Waals surface area contributed by atoms with Crippen molar-refractivity contribution in [3.8, 4) is 11.3 Å². The van der Waals surface area contributed by atoms with Gasteiger partial charge in [-0.05, 0) is 23.9 Å². The fourth-order valence-electron chi connectivity index (χ4n) is 1.88. The number of ether oxygens (including phenoxy) is 1. The molecule has 0 aliphatic heterocycles. The second kappa shape index (κ2) is 7.69. The molecule has 2 heterocycles. The first-order chi connectivity index (χ1) is 11.7. The minimum Gasteiger partial charge on any atom is -0.456 e. The molecule has 0 bridgehead atoms. The van der Waals surface area contributed by atoms with Gasteiger partial charge in [0, 0.05) is 28.5 Å². The summed E-state index contributed by atoms with van der Waals surface area (Å²) >= 11 is 8.46. The fraction of sp³-hybridized carbons (Fsp3) is 0.133. The summed E-state index contributed by atoms with van der Waals surface area (Å²) in [5.74, 6) is -0.506. The van der Waals surface area contributed by atoms with Gasteiger partial charge < -0.3 is 4.74 Å². The maximum absolute atomic E-state index is 12.3. The van der Waals surface area contributed by atoms with Crippen molar-refractivity contribution in [2.45, 2.75) is 11.8 Å². The first-order valence-electron chi connectivity index (χ1n) is 6.78. The topological polar surface area (TPSA) is 77.9 Å². The van der Waals surface area contributed by atoms with E-state index in [1.807, 2.05) is 18.4 Å². The SMILES string of the molecule is CSc1ncc(-c2nnsc2C(=O)OCc2ccccc2Cl)cn1. The summed E-state index contributed by atoms with van der Waals surface area (Å²) in [5, 5.41) is 5.18. The largest absolute Gasteiger partial charge is 0.456 e. The van der Waals surface area contributed by atoms with Crippen molar-refractivity contribution < 1.29 is 9.53 Å². The lowest BCUT2D eigenvalue weighted by Gasteiger charge is -2.06. The summed E-state index contributed by atoms with van der Waals surface area (Å²) in [6.45, 7) is 0.0811. The van der Waals surface area contributed by atoms with Crippen molar-refractivity contribution in [1.29, 1.82) is 0 Å². The van der Waals surface area contributed by atoms with Gasteiger partial charge in [0.2, 0.25) is 0 Å². The Hall–Kier alpha value is -2.03. The molecule has 3 rings (SSSR count). The number of nitrogens with zero attached hydrogens (tertiary/aromatic N) is 4. The third kappa shape index (κ3) is 3.72. The quantitative estimate of drug-likeness (QED) is 0.380. The summed E-state index contributed by atoms with van der Waals surface area (Å²) < 4.78 is 9.16. The molecule has 0 unspecified atom stereocenters. The Morgan fingerprint density at radius 3 is 2.75 bits per heavy atom. The summed E-state index contributed by atoms with van der Waals surface area (Å²) in [7, 11) is 0. The van der Waals surface area contributed by atoms with Crippen LogP contribution >= 0.6 is 34.9 Å². The van der Waals surface area contributed by atoms with Crippen LogP contribution in [0.25, 0.3) is 11.3 Å². The highest BCUT2D eigenvalue weighted by molar-refractivity contribution is 7.98. The molecule has 1 aromatic carbocycles. The molecule has 0 spiro atoms. The first kappa shape index (κ1) is 16.8. The molecule has 122 valence electrons. The standard InChI is InChI=1S/C15H11ClN4O2S2/c1-23-15-17-6-10(7-18-15)12-13(24-20-19-12)14(21)22-8-9-4-2-3-5-11(9)16/h2-7H,8H2,1H3. The summed E-state index contributed by atoms with van der Waals surface area (Å²) in [6, 6.07) is 7.20. The van der Waals surface area contributed by atoms with Gasteiger partial charge in [0.25, 0.3) is 0 Å². The highest BCUT2D eigenvalue weighted by Gasteiger charge is 2.20. The Morgan fingerprint density at radius 2 is 2.04 bits per heavy atom. The highest BCUT2D eigenvalue weighted by atomic mass is 35.5. The van der Waals surface area contributed by atoms with Crippen LogP contribution in [0.4, 0.5) is 0 Å². The van der Waals surface area contributed by atoms with Gasteiger partial charge in [-0.3, -0.25) is 0 Å². The second-order valence-electron chi connectivity index (χ2n) is 4.58. The van der Waals surface area contributed by atoms with E-state index >= 15 is 0 Å². The molecular weight excluding hydrogens is 368 g/mol. The number of halogens is 1. The van der Waals surface area contributed by atoms with Crippen LogP contribution in [0.15, 0.2) is 41.8 Å². The Balaban J connectivity index is 1.76. The van der Waals surface area contributed by atoms with Crippen LogP contribution in [0.2, 0.25) is 5.02 Å². The molecule has 6 nitrogen and oxygen atoms in total. The van der Waals surface area contributed by atoms with Gasteiger partial charge in [0.15, 0.2) is 10.0 Å². The molecular formula is C15H11ClN4O2S2. The zero-order chi connectivity index (χ0) is 16.9. The van der Waals surface area contributed by atoms with E-state index in [1.54, 1.807) is 24.5 Å². The number of carbonyl (C=O) groups is 1. The first-order valence-corrected chi connectivity index (χ1v) is 9.16. The molecule has 0 atom stereocenters. The molecule has 9 heteroatoms. The van der Waals surface area contributed by atoms with Gasteiger partial charge in [0.1, 0.15) is 12.3 Å². The van der Waals surface area contributed by atoms with E-state index in [4.69, 9.17) is 16.3 Å². The number of thioether (sulfide) groups is 1. The van der Waals surface area contributed by atoms with E-state index in [0.29, 0.717) is 26.3 Å². The summed E-state index contributed by atoms with van der Waals surface area (Å²) in [5.41, 5.74) is 1.77. The van der Waals surface area contributed by atoms with E-state index in [2.05, 4.69) is 19.6 Å². The van der Waals surface area contributed by atoms with Gasteiger partial charge in [-0.15, -0.1) is 5.10 Å². The van der Waals surface area contributed by atoms with Crippen molar-refractivity contribution in [2.75, 3.05) is 6.26 Å². The van der Waals surface area contributed by atoms with Crippen LogP contribution in [-0.2, 0) is 11.3 Å². The van der Waals surface area contributed by atoms with E-state index in [-0.39, 0.29) is 6.61 Å². The van der Waals surface area contributed by atoms with Crippen molar-refractivity contribution >= 4 is 40.9 Å². The number of aromatic nitrogens is 4. The van der Waals surface area contributed by atoms with Crippen LogP contribution in [-0.4, -0.2) is 31.8 Å². The molecule has 0 radical (unpaired) electrons. The number of rotatable bonds is 5. The molecule has 0 aliphatic carbocycles. The molecule has 2 aromatic heterocycles. The van der Waals surface area contributed by atoms with E-state index in [9.17, 15) is 4.79 Å². The minimum atomic E-state index is -0.506. The summed E-state index contributed by atoms with van der Waals surface area (Å²) in [4.78, 5) is 21.0. The lowest BCUT2D eigenvalue weighted by atomic mass is 10.2. The van der Waals surface area contributed by atoms with Gasteiger partial charge >= 0.3 is 5.97 Å². The number of benzene rings is 1. The number of hydrogen-bond donors (Lipinski definition) is 0. The average Bonchev–Trinajstić information content (AvgIpc) is 3.10. The van der Waals surface area contributed by atoms with Crippen LogP contribution in [0.3, 0.4) is 0 Å². The van der Waals surface area contributed by atoms with Crippen molar-refractivity contribution in [3.63, 3.8) is 0 Å². The maximum Gasteiger partial charge on any atom is 0.352 e. The van der Waals surface area contributed by atoms with Crippen LogP contribution in [0.5, 0.6) is 0 Å². The van der Waals surface area contributed by atoms with Gasteiger partial charge in [0.05, 0.1) is 0 Å². The second-order valence-corrected chi connectivity index (χ2v) is 6.51. The van der Waals surface area contributed by atoms with Crippen molar-refractivity contribution in [2.24, 2.45) is 0 Å². The molecule has 24 heavy (non-hydrogen) atoms. The smallest absolute Gasteiger partial charge is 0.352 e. The Bertz CT molecular complexity index is 855. The molecule has 0 saturated carbocycles. The fourth-order valence-corrected chi connectivity index (χ4v) is 2.97. The Labute approximate surface area is 151 Å². The number of esters is 1. The van der Waals surface area contributed by atoms with Crippen LogP contribution in [0, 0.1) is 0 Å². The van der Waals surface area contributed by atoms with Gasteiger partial charge in [-0.2, -0.15) is 0 Å². The predicted octanol–water partition coefficient (Wildman–Crippen LogP) is 3.73. The maximum atomic E-state index is 12.3. The highest BCUT2D eigenvalue weighted by Crippen LogP contribution is 2.25. The van der Waals surface area contributed by atoms with Gasteiger partial charge in [-0.25, -0.2) is 14.8 Å². The monoisotopic (exact) mass is 378 g/mol. The minimum absolute atomic E-state index is 0.0811. The molecule has 0 fully saturated rings. The lowest BCUT2D eigenvalue weighted by molar-refractivity contribution is 0.0479. The summed E-state index contributed by atoms with van der Waals surface area (Å²) in [6.07, 6.45) is 5.11. The zero-order valence-electron chi connectivity index (χ0n) is 12.5. The molecule has 0 aliphatic rings. The molecule has 0 saturated heterocycles. The van der Waals surface area contributed by atoms with Crippen molar-refractivity contribution in [1.82, 2.24) is 19.6 Å². The Morgan fingerprint density at radius 1 is 1.29 bits per heavy atom. The van der Waals surface area contributed by atoms with E-state index in [1.165, 1.54) is 11.8 Å². The normalized spacial score (nSPS) is 10.6. The number of carbonyl (C=O) groups excluding carboxylic acids is 1. The van der Waals surface area contributed by atoms with E-state index in [0.717, 1.165) is 17.1 Å². The van der Waals surface area contributed by atoms with Crippen LogP contribution in [0.1, 0.15) is 15.2 Å². The van der Waals surface area contributed by atoms with Crippen LogP contribution < -0.4 is 0 Å². The Kier molecular flexibility index (Phi) is 5.39. The molecule has 0 N–H and O–H groups in total. The predicted molar refractivity (Wildman–Crippen MR) is 93.3 cm³/mol. The molecule has 3 aromatic rings.